The van der Waals surface area contributed by atoms with E-state index in [2.05, 4.69) is 10.3 Å². The molecule has 0 bridgehead atoms. The Morgan fingerprint density at radius 1 is 1.07 bits per heavy atom. The van der Waals surface area contributed by atoms with Gasteiger partial charge < -0.3 is 5.32 Å². The average Bonchev–Trinajstić information content (AvgIpc) is 2.26. The molecule has 15 heavy (non-hydrogen) atoms. The van der Waals surface area contributed by atoms with E-state index in [0.29, 0.717) is 10.0 Å². The summed E-state index contributed by atoms with van der Waals surface area (Å²) < 4.78 is 0. The Morgan fingerprint density at radius 2 is 1.93 bits per heavy atom. The highest BCUT2D eigenvalue weighted by molar-refractivity contribution is 6.43. The lowest BCUT2D eigenvalue weighted by Crippen LogP contribution is -1.91. The molecule has 2 rings (SSSR count). The Balaban J connectivity index is 2.29. The van der Waals surface area contributed by atoms with Crippen LogP contribution in [-0.2, 0) is 0 Å². The zero-order valence-corrected chi connectivity index (χ0v) is 9.26. The Labute approximate surface area is 97.9 Å². The van der Waals surface area contributed by atoms with Crippen LogP contribution in [-0.4, -0.2) is 4.98 Å². The van der Waals surface area contributed by atoms with E-state index in [0.717, 1.165) is 11.4 Å². The summed E-state index contributed by atoms with van der Waals surface area (Å²) in [5.74, 6) is 0. The summed E-state index contributed by atoms with van der Waals surface area (Å²) in [6.45, 7) is 0. The maximum atomic E-state index is 6.03. The third-order valence-corrected chi connectivity index (χ3v) is 2.71. The van der Waals surface area contributed by atoms with Crippen LogP contribution in [0.5, 0.6) is 0 Å². The van der Waals surface area contributed by atoms with Crippen LogP contribution in [0.3, 0.4) is 0 Å². The molecule has 1 heterocycles. The van der Waals surface area contributed by atoms with Crippen molar-refractivity contribution in [3.8, 4) is 0 Å². The second-order valence-electron chi connectivity index (χ2n) is 2.97. The molecule has 0 radical (unpaired) electrons. The highest BCUT2D eigenvalue weighted by atomic mass is 35.5. The molecule has 1 aromatic carbocycles. The summed E-state index contributed by atoms with van der Waals surface area (Å²) in [6, 6.07) is 9.21. The van der Waals surface area contributed by atoms with Gasteiger partial charge in [-0.3, -0.25) is 4.98 Å². The fourth-order valence-electron chi connectivity index (χ4n) is 1.19. The topological polar surface area (TPSA) is 24.9 Å². The number of benzene rings is 1. The van der Waals surface area contributed by atoms with Gasteiger partial charge >= 0.3 is 0 Å². The molecule has 0 fully saturated rings. The van der Waals surface area contributed by atoms with Gasteiger partial charge in [-0.05, 0) is 24.3 Å². The minimum Gasteiger partial charge on any atom is -0.353 e. The highest BCUT2D eigenvalue weighted by Gasteiger charge is 2.03. The van der Waals surface area contributed by atoms with Gasteiger partial charge in [-0.2, -0.15) is 0 Å². The minimum absolute atomic E-state index is 0.517. The molecule has 0 unspecified atom stereocenters. The van der Waals surface area contributed by atoms with Crippen LogP contribution in [0.25, 0.3) is 0 Å². The number of hydrogen-bond acceptors (Lipinski definition) is 2. The van der Waals surface area contributed by atoms with Gasteiger partial charge in [0.25, 0.3) is 0 Å². The second-order valence-corrected chi connectivity index (χ2v) is 3.75. The molecule has 0 spiro atoms. The number of rotatable bonds is 2. The fourth-order valence-corrected chi connectivity index (χ4v) is 1.54. The number of nitrogens with one attached hydrogen (secondary N) is 1. The van der Waals surface area contributed by atoms with Gasteiger partial charge in [-0.25, -0.2) is 0 Å². The van der Waals surface area contributed by atoms with Crippen molar-refractivity contribution in [3.05, 3.63) is 52.8 Å². The van der Waals surface area contributed by atoms with E-state index in [9.17, 15) is 0 Å². The molecule has 0 atom stereocenters. The number of aromatic nitrogens is 1. The first kappa shape index (κ1) is 10.3. The van der Waals surface area contributed by atoms with E-state index < -0.39 is 0 Å². The normalized spacial score (nSPS) is 10.0. The van der Waals surface area contributed by atoms with Gasteiger partial charge in [0.05, 0.1) is 27.6 Å². The number of anilines is 2. The van der Waals surface area contributed by atoms with Crippen molar-refractivity contribution in [3.63, 3.8) is 0 Å². The number of hydrogen-bond donors (Lipinski definition) is 1. The van der Waals surface area contributed by atoms with Crippen molar-refractivity contribution in [1.82, 2.24) is 4.98 Å². The molecule has 0 saturated carbocycles. The molecular formula is C11H8Cl2N2. The monoisotopic (exact) mass is 238 g/mol. The lowest BCUT2D eigenvalue weighted by Gasteiger charge is -2.08. The average molecular weight is 239 g/mol. The highest BCUT2D eigenvalue weighted by Crippen LogP contribution is 2.31. The van der Waals surface area contributed by atoms with E-state index in [1.807, 2.05) is 24.3 Å². The van der Waals surface area contributed by atoms with Crippen LogP contribution in [0.15, 0.2) is 42.7 Å². The maximum absolute atomic E-state index is 6.03. The number of nitrogens with zero attached hydrogens (tertiary/aromatic N) is 1. The van der Waals surface area contributed by atoms with Crippen molar-refractivity contribution in [1.29, 1.82) is 0 Å². The maximum Gasteiger partial charge on any atom is 0.0827 e. The first-order valence-electron chi connectivity index (χ1n) is 4.38. The van der Waals surface area contributed by atoms with E-state index in [4.69, 9.17) is 23.2 Å². The fraction of sp³-hybridized carbons (Fsp3) is 0. The lowest BCUT2D eigenvalue weighted by molar-refractivity contribution is 1.32. The van der Waals surface area contributed by atoms with E-state index in [1.54, 1.807) is 18.5 Å². The first-order chi connectivity index (χ1) is 7.27. The molecule has 0 aliphatic carbocycles. The molecule has 1 aromatic heterocycles. The van der Waals surface area contributed by atoms with E-state index >= 15 is 0 Å². The van der Waals surface area contributed by atoms with Crippen LogP contribution in [0.4, 0.5) is 11.4 Å². The molecule has 0 amide bonds. The summed E-state index contributed by atoms with van der Waals surface area (Å²) in [4.78, 5) is 3.99. The van der Waals surface area contributed by atoms with Crippen LogP contribution in [0, 0.1) is 0 Å². The summed E-state index contributed by atoms with van der Waals surface area (Å²) in [5.41, 5.74) is 1.65. The Bertz CT molecular complexity index is 457. The summed E-state index contributed by atoms with van der Waals surface area (Å²) in [5, 5.41) is 4.18. The first-order valence-corrected chi connectivity index (χ1v) is 5.14. The van der Waals surface area contributed by atoms with Crippen molar-refractivity contribution < 1.29 is 0 Å². The molecule has 2 aromatic rings. The molecular weight excluding hydrogens is 231 g/mol. The third-order valence-electron chi connectivity index (χ3n) is 1.89. The smallest absolute Gasteiger partial charge is 0.0827 e. The Hall–Kier alpha value is -1.25. The van der Waals surface area contributed by atoms with Gasteiger partial charge in [-0.15, -0.1) is 0 Å². The van der Waals surface area contributed by atoms with Gasteiger partial charge in [0.15, 0.2) is 0 Å². The van der Waals surface area contributed by atoms with Gasteiger partial charge in [0.2, 0.25) is 0 Å². The van der Waals surface area contributed by atoms with Crippen LogP contribution in [0.1, 0.15) is 0 Å². The molecule has 0 saturated heterocycles. The van der Waals surface area contributed by atoms with Crippen molar-refractivity contribution >= 4 is 34.6 Å². The van der Waals surface area contributed by atoms with Crippen LogP contribution >= 0.6 is 23.2 Å². The van der Waals surface area contributed by atoms with Crippen molar-refractivity contribution in [2.75, 3.05) is 5.32 Å². The zero-order chi connectivity index (χ0) is 10.7. The molecule has 4 heteroatoms. The summed E-state index contributed by atoms with van der Waals surface area (Å²) in [7, 11) is 0. The second kappa shape index (κ2) is 4.51. The summed E-state index contributed by atoms with van der Waals surface area (Å²) in [6.07, 6.45) is 3.43. The van der Waals surface area contributed by atoms with Crippen LogP contribution in [0.2, 0.25) is 10.0 Å². The molecule has 2 nitrogen and oxygen atoms in total. The van der Waals surface area contributed by atoms with Gasteiger partial charge in [0.1, 0.15) is 0 Å². The Kier molecular flexibility index (Phi) is 3.09. The van der Waals surface area contributed by atoms with Gasteiger partial charge in [-0.1, -0.05) is 29.3 Å². The lowest BCUT2D eigenvalue weighted by atomic mass is 10.3. The summed E-state index contributed by atoms with van der Waals surface area (Å²) >= 11 is 11.9. The predicted octanol–water partition coefficient (Wildman–Crippen LogP) is 4.13. The molecule has 0 aliphatic rings. The SMILES string of the molecule is Clc1cccc(Nc2cccnc2)c1Cl. The van der Waals surface area contributed by atoms with Crippen molar-refractivity contribution in [2.24, 2.45) is 0 Å². The predicted molar refractivity (Wildman–Crippen MR) is 64.0 cm³/mol. The Morgan fingerprint density at radius 3 is 2.67 bits per heavy atom. The minimum atomic E-state index is 0.517. The van der Waals surface area contributed by atoms with E-state index in [-0.39, 0.29) is 0 Å². The van der Waals surface area contributed by atoms with Crippen molar-refractivity contribution in [2.45, 2.75) is 0 Å². The standard InChI is InChI=1S/C11H8Cl2N2/c12-9-4-1-5-10(11(9)13)15-8-3-2-6-14-7-8/h1-7,15H. The molecule has 1 N–H and O–H groups in total. The van der Waals surface area contributed by atoms with E-state index in [1.165, 1.54) is 0 Å². The van der Waals surface area contributed by atoms with Crippen LogP contribution < -0.4 is 5.32 Å². The zero-order valence-electron chi connectivity index (χ0n) is 7.74. The van der Waals surface area contributed by atoms with Gasteiger partial charge in [0, 0.05) is 6.20 Å². The number of pyridine rings is 1. The quantitative estimate of drug-likeness (QED) is 0.852. The third kappa shape index (κ3) is 2.41. The largest absolute Gasteiger partial charge is 0.353 e. The molecule has 0 aliphatic heterocycles. The number of halogens is 2. The molecule has 76 valence electrons.